The fraction of sp³-hybridized carbons (Fsp3) is 0.500. The summed E-state index contributed by atoms with van der Waals surface area (Å²) in [4.78, 5) is 31.6. The molecule has 9 nitrogen and oxygen atoms in total. The number of hydrogen-bond acceptors (Lipinski definition) is 8. The van der Waals surface area contributed by atoms with Crippen LogP contribution in [0.1, 0.15) is 10.5 Å². The van der Waals surface area contributed by atoms with Crippen molar-refractivity contribution in [3.63, 3.8) is 0 Å². The zero-order valence-corrected chi connectivity index (χ0v) is 12.8. The van der Waals surface area contributed by atoms with Crippen LogP contribution in [0.3, 0.4) is 0 Å². The minimum atomic E-state index is -3.66. The van der Waals surface area contributed by atoms with Crippen LogP contribution in [0.2, 0.25) is 0 Å². The SMILES string of the molecule is COC(=O)CS(=O)(=O)N1CCN(c2cnc(C=O)cn2)CC1. The van der Waals surface area contributed by atoms with Crippen molar-refractivity contribution in [2.75, 3.05) is 43.9 Å². The number of aromatic nitrogens is 2. The van der Waals surface area contributed by atoms with Gasteiger partial charge in [-0.2, -0.15) is 4.31 Å². The van der Waals surface area contributed by atoms with Crippen LogP contribution in [0.15, 0.2) is 12.4 Å². The third kappa shape index (κ3) is 3.77. The third-order valence-corrected chi connectivity index (χ3v) is 5.02. The van der Waals surface area contributed by atoms with Crippen LogP contribution >= 0.6 is 0 Å². The Hall–Kier alpha value is -2.07. The van der Waals surface area contributed by atoms with Crippen LogP contribution < -0.4 is 4.90 Å². The molecule has 0 N–H and O–H groups in total. The minimum Gasteiger partial charge on any atom is -0.468 e. The van der Waals surface area contributed by atoms with Gasteiger partial charge in [0.15, 0.2) is 12.0 Å². The van der Waals surface area contributed by atoms with Gasteiger partial charge in [0.2, 0.25) is 10.0 Å². The number of rotatable bonds is 5. The summed E-state index contributed by atoms with van der Waals surface area (Å²) in [7, 11) is -2.51. The monoisotopic (exact) mass is 328 g/mol. The first-order valence-corrected chi connectivity index (χ1v) is 8.14. The van der Waals surface area contributed by atoms with Crippen molar-refractivity contribution in [2.24, 2.45) is 0 Å². The molecular formula is C12H16N4O5S. The Bertz CT molecular complexity index is 638. The quantitative estimate of drug-likeness (QED) is 0.495. The Kier molecular flexibility index (Phi) is 5.03. The number of methoxy groups -OCH3 is 1. The predicted molar refractivity (Wildman–Crippen MR) is 77.0 cm³/mol. The average Bonchev–Trinajstić information content (AvgIpc) is 2.54. The summed E-state index contributed by atoms with van der Waals surface area (Å²) in [5, 5.41) is 0. The number of esters is 1. The Morgan fingerprint density at radius 3 is 2.45 bits per heavy atom. The Morgan fingerprint density at radius 1 is 1.27 bits per heavy atom. The van der Waals surface area contributed by atoms with Gasteiger partial charge >= 0.3 is 5.97 Å². The van der Waals surface area contributed by atoms with Crippen molar-refractivity contribution in [3.05, 3.63) is 18.1 Å². The van der Waals surface area contributed by atoms with Crippen molar-refractivity contribution in [3.8, 4) is 0 Å². The number of anilines is 1. The molecule has 1 aromatic heterocycles. The molecule has 0 spiro atoms. The second-order valence-electron chi connectivity index (χ2n) is 4.64. The van der Waals surface area contributed by atoms with Gasteiger partial charge in [0.25, 0.3) is 0 Å². The van der Waals surface area contributed by atoms with E-state index in [1.165, 1.54) is 16.7 Å². The maximum atomic E-state index is 12.0. The number of aldehydes is 1. The number of carbonyl (C=O) groups excluding carboxylic acids is 2. The van der Waals surface area contributed by atoms with Gasteiger partial charge in [-0.25, -0.2) is 18.4 Å². The first-order chi connectivity index (χ1) is 10.5. The standard InChI is InChI=1S/C12H16N4O5S/c1-21-12(18)9-22(19,20)16-4-2-15(3-5-16)11-7-13-10(8-17)6-14-11/h6-8H,2-5,9H2,1H3. The number of carbonyl (C=O) groups is 2. The summed E-state index contributed by atoms with van der Waals surface area (Å²) in [6.07, 6.45) is 3.44. The molecule has 0 unspecified atom stereocenters. The van der Waals surface area contributed by atoms with E-state index < -0.39 is 21.7 Å². The lowest BCUT2D eigenvalue weighted by atomic mass is 10.3. The highest BCUT2D eigenvalue weighted by atomic mass is 32.2. The van der Waals surface area contributed by atoms with Crippen LogP contribution in [0.25, 0.3) is 0 Å². The van der Waals surface area contributed by atoms with Crippen molar-refractivity contribution in [1.29, 1.82) is 0 Å². The largest absolute Gasteiger partial charge is 0.468 e. The summed E-state index contributed by atoms with van der Waals surface area (Å²) >= 11 is 0. The molecule has 1 saturated heterocycles. The highest BCUT2D eigenvalue weighted by Crippen LogP contribution is 2.14. The second-order valence-corrected chi connectivity index (χ2v) is 6.60. The highest BCUT2D eigenvalue weighted by Gasteiger charge is 2.29. The first-order valence-electron chi connectivity index (χ1n) is 6.53. The van der Waals surface area contributed by atoms with E-state index in [0.29, 0.717) is 25.2 Å². The average molecular weight is 328 g/mol. The van der Waals surface area contributed by atoms with Gasteiger partial charge in [0, 0.05) is 26.2 Å². The van der Waals surface area contributed by atoms with Crippen LogP contribution in [0.5, 0.6) is 0 Å². The molecule has 22 heavy (non-hydrogen) atoms. The van der Waals surface area contributed by atoms with E-state index in [-0.39, 0.29) is 18.8 Å². The van der Waals surface area contributed by atoms with Gasteiger partial charge in [-0.05, 0) is 0 Å². The maximum Gasteiger partial charge on any atom is 0.322 e. The summed E-state index contributed by atoms with van der Waals surface area (Å²) < 4.78 is 29.7. The Labute approximate surface area is 128 Å². The lowest BCUT2D eigenvalue weighted by Gasteiger charge is -2.34. The van der Waals surface area contributed by atoms with Crippen LogP contribution in [-0.2, 0) is 19.6 Å². The summed E-state index contributed by atoms with van der Waals surface area (Å²) in [5.41, 5.74) is 0.239. The topological polar surface area (TPSA) is 110 Å². The highest BCUT2D eigenvalue weighted by molar-refractivity contribution is 7.89. The van der Waals surface area contributed by atoms with Crippen molar-refractivity contribution >= 4 is 28.1 Å². The molecule has 0 bridgehead atoms. The van der Waals surface area contributed by atoms with Crippen molar-refractivity contribution < 1.29 is 22.7 Å². The van der Waals surface area contributed by atoms with Gasteiger partial charge in [-0.1, -0.05) is 0 Å². The zero-order valence-electron chi connectivity index (χ0n) is 12.0. The second kappa shape index (κ2) is 6.79. The van der Waals surface area contributed by atoms with Crippen molar-refractivity contribution in [1.82, 2.24) is 14.3 Å². The van der Waals surface area contributed by atoms with E-state index in [2.05, 4.69) is 14.7 Å². The lowest BCUT2D eigenvalue weighted by Crippen LogP contribution is -2.50. The molecule has 1 aliphatic heterocycles. The summed E-state index contributed by atoms with van der Waals surface area (Å²) in [5.74, 6) is -0.856. The zero-order chi connectivity index (χ0) is 16.2. The van der Waals surface area contributed by atoms with Gasteiger partial charge in [-0.15, -0.1) is 0 Å². The van der Waals surface area contributed by atoms with Crippen LogP contribution in [0.4, 0.5) is 5.82 Å². The fourth-order valence-corrected chi connectivity index (χ4v) is 3.37. The van der Waals surface area contributed by atoms with E-state index in [4.69, 9.17) is 0 Å². The molecule has 1 aromatic rings. The third-order valence-electron chi connectivity index (χ3n) is 3.26. The first kappa shape index (κ1) is 16.3. The molecule has 2 heterocycles. The number of nitrogens with zero attached hydrogens (tertiary/aromatic N) is 4. The van der Waals surface area contributed by atoms with E-state index in [9.17, 15) is 18.0 Å². The molecule has 1 aliphatic rings. The molecule has 0 radical (unpaired) electrons. The maximum absolute atomic E-state index is 12.0. The number of hydrogen-bond donors (Lipinski definition) is 0. The predicted octanol–water partition coefficient (Wildman–Crippen LogP) is -1.09. The normalized spacial score (nSPS) is 16.3. The van der Waals surface area contributed by atoms with E-state index in [0.717, 1.165) is 7.11 Å². The molecule has 0 saturated carbocycles. The van der Waals surface area contributed by atoms with E-state index in [1.54, 1.807) is 0 Å². The number of ether oxygens (including phenoxy) is 1. The van der Waals surface area contributed by atoms with Gasteiger partial charge in [0.1, 0.15) is 11.5 Å². The molecule has 0 amide bonds. The fourth-order valence-electron chi connectivity index (χ4n) is 2.05. The number of sulfonamides is 1. The van der Waals surface area contributed by atoms with Gasteiger partial charge < -0.3 is 9.64 Å². The molecule has 120 valence electrons. The molecule has 0 aliphatic carbocycles. The molecule has 0 atom stereocenters. The smallest absolute Gasteiger partial charge is 0.322 e. The van der Waals surface area contributed by atoms with Gasteiger partial charge in [0.05, 0.1) is 19.5 Å². The van der Waals surface area contributed by atoms with Crippen LogP contribution in [-0.4, -0.2) is 74.0 Å². The van der Waals surface area contributed by atoms with E-state index >= 15 is 0 Å². The molecular weight excluding hydrogens is 312 g/mol. The van der Waals surface area contributed by atoms with Crippen LogP contribution in [0, 0.1) is 0 Å². The Morgan fingerprint density at radius 2 is 1.95 bits per heavy atom. The summed E-state index contributed by atoms with van der Waals surface area (Å²) in [6.45, 7) is 1.35. The minimum absolute atomic E-state index is 0.239. The lowest BCUT2D eigenvalue weighted by molar-refractivity contribution is -0.137. The van der Waals surface area contributed by atoms with Crippen molar-refractivity contribution in [2.45, 2.75) is 0 Å². The Balaban J connectivity index is 1.97. The molecule has 10 heteroatoms. The molecule has 0 aromatic carbocycles. The summed E-state index contributed by atoms with van der Waals surface area (Å²) in [6, 6.07) is 0. The van der Waals surface area contributed by atoms with Gasteiger partial charge in [-0.3, -0.25) is 9.59 Å². The van der Waals surface area contributed by atoms with E-state index in [1.807, 2.05) is 4.90 Å². The molecule has 2 rings (SSSR count). The number of piperazine rings is 1. The molecule has 1 fully saturated rings.